The summed E-state index contributed by atoms with van der Waals surface area (Å²) in [6.45, 7) is 0. The van der Waals surface area contributed by atoms with Gasteiger partial charge in [-0.2, -0.15) is 13.7 Å². The zero-order valence-corrected chi connectivity index (χ0v) is 18.7. The van der Waals surface area contributed by atoms with Crippen LogP contribution in [0.4, 0.5) is 8.78 Å². The fourth-order valence-electron chi connectivity index (χ4n) is 3.36. The molecule has 33 heavy (non-hydrogen) atoms. The molecule has 0 aromatic heterocycles. The summed E-state index contributed by atoms with van der Waals surface area (Å²) in [5.74, 6) is -3.34. The van der Waals surface area contributed by atoms with Gasteiger partial charge in [0.15, 0.2) is 11.6 Å². The van der Waals surface area contributed by atoms with Gasteiger partial charge in [0.05, 0.1) is 10.9 Å². The number of nitriles is 1. The van der Waals surface area contributed by atoms with Gasteiger partial charge in [-0.15, -0.1) is 0 Å². The lowest BCUT2D eigenvalue weighted by molar-refractivity contribution is 0.391. The Balaban J connectivity index is 1.76. The van der Waals surface area contributed by atoms with Gasteiger partial charge in [0.25, 0.3) is 0 Å². The van der Waals surface area contributed by atoms with Crippen LogP contribution in [0.1, 0.15) is 17.0 Å². The molecule has 4 rings (SSSR count). The van der Waals surface area contributed by atoms with Crippen molar-refractivity contribution < 1.29 is 26.1 Å². The van der Waals surface area contributed by atoms with E-state index >= 15 is 0 Å². The van der Waals surface area contributed by atoms with Crippen molar-refractivity contribution in [3.63, 3.8) is 0 Å². The Bertz CT molecular complexity index is 1470. The highest BCUT2D eigenvalue weighted by molar-refractivity contribution is 7.87. The normalized spacial score (nSPS) is 15.4. The van der Waals surface area contributed by atoms with E-state index in [9.17, 15) is 22.5 Å². The fourth-order valence-corrected chi connectivity index (χ4v) is 5.03. The van der Waals surface area contributed by atoms with Crippen LogP contribution in [0.5, 0.6) is 11.5 Å². The highest BCUT2D eigenvalue weighted by Gasteiger charge is 2.32. The SMILES string of the molecule is N#CC1=C(N)Oc2cc(OS(=O)(=O)c3cc(Cl)ccc3Cl)ccc2C1c1ccc(F)c(F)c1. The van der Waals surface area contributed by atoms with Crippen LogP contribution in [0.15, 0.2) is 70.9 Å². The minimum atomic E-state index is -4.36. The van der Waals surface area contributed by atoms with E-state index in [4.69, 9.17) is 37.9 Å². The van der Waals surface area contributed by atoms with Crippen molar-refractivity contribution in [2.75, 3.05) is 0 Å². The highest BCUT2D eigenvalue weighted by atomic mass is 35.5. The molecule has 0 amide bonds. The smallest absolute Gasteiger partial charge is 0.340 e. The van der Waals surface area contributed by atoms with Gasteiger partial charge < -0.3 is 14.7 Å². The second-order valence-corrected chi connectivity index (χ2v) is 9.27. The summed E-state index contributed by atoms with van der Waals surface area (Å²) in [5.41, 5.74) is 6.49. The molecule has 3 aromatic rings. The van der Waals surface area contributed by atoms with E-state index in [0.717, 1.165) is 18.2 Å². The molecule has 1 heterocycles. The Morgan fingerprint density at radius 3 is 2.48 bits per heavy atom. The molecule has 0 radical (unpaired) electrons. The molecule has 1 atom stereocenters. The number of nitrogens with zero attached hydrogens (tertiary/aromatic N) is 1. The lowest BCUT2D eigenvalue weighted by Crippen LogP contribution is -2.21. The summed E-state index contributed by atoms with van der Waals surface area (Å²) in [6, 6.07) is 13.0. The van der Waals surface area contributed by atoms with Crippen LogP contribution in [0.25, 0.3) is 0 Å². The lowest BCUT2D eigenvalue weighted by Gasteiger charge is -2.26. The van der Waals surface area contributed by atoms with Crippen molar-refractivity contribution in [1.29, 1.82) is 5.26 Å². The summed E-state index contributed by atoms with van der Waals surface area (Å²) >= 11 is 11.8. The van der Waals surface area contributed by atoms with Crippen molar-refractivity contribution in [2.24, 2.45) is 5.73 Å². The van der Waals surface area contributed by atoms with Gasteiger partial charge in [0, 0.05) is 16.7 Å². The van der Waals surface area contributed by atoms with Crippen molar-refractivity contribution in [1.82, 2.24) is 0 Å². The Morgan fingerprint density at radius 1 is 1.03 bits per heavy atom. The standard InChI is InChI=1S/C22H12Cl2F2N2O4S/c23-12-2-5-16(24)20(8-12)33(29,30)32-13-3-4-14-19(9-13)31-22(28)15(10-27)21(14)11-1-6-17(25)18(26)7-11/h1-9,21H,28H2. The molecule has 0 spiro atoms. The van der Waals surface area contributed by atoms with Gasteiger partial charge in [-0.05, 0) is 42.0 Å². The first-order valence-corrected chi connectivity index (χ1v) is 11.3. The van der Waals surface area contributed by atoms with E-state index in [1.54, 1.807) is 0 Å². The number of halogens is 4. The van der Waals surface area contributed by atoms with Crippen LogP contribution in [0.2, 0.25) is 10.0 Å². The predicted octanol–water partition coefficient (Wildman–Crippen LogP) is 5.26. The third-order valence-electron chi connectivity index (χ3n) is 4.84. The second kappa shape index (κ2) is 8.56. The maximum atomic E-state index is 13.9. The predicted molar refractivity (Wildman–Crippen MR) is 116 cm³/mol. The number of ether oxygens (including phenoxy) is 1. The molecule has 1 unspecified atom stereocenters. The second-order valence-electron chi connectivity index (χ2n) is 6.91. The Kier molecular flexibility index (Phi) is 5.93. The zero-order chi connectivity index (χ0) is 23.9. The molecule has 0 saturated heterocycles. The zero-order valence-electron chi connectivity index (χ0n) is 16.4. The van der Waals surface area contributed by atoms with E-state index in [-0.39, 0.29) is 43.5 Å². The molecule has 2 N–H and O–H groups in total. The Hall–Kier alpha value is -3.32. The Morgan fingerprint density at radius 2 is 1.79 bits per heavy atom. The monoisotopic (exact) mass is 508 g/mol. The van der Waals surface area contributed by atoms with Gasteiger partial charge in [0.2, 0.25) is 5.88 Å². The summed E-state index contributed by atoms with van der Waals surface area (Å²) in [4.78, 5) is -0.332. The number of hydrogen-bond acceptors (Lipinski definition) is 6. The summed E-state index contributed by atoms with van der Waals surface area (Å²) < 4.78 is 63.4. The van der Waals surface area contributed by atoms with E-state index in [2.05, 4.69) is 0 Å². The van der Waals surface area contributed by atoms with Gasteiger partial charge in [0.1, 0.15) is 28.0 Å². The van der Waals surface area contributed by atoms with Crippen LogP contribution < -0.4 is 14.7 Å². The lowest BCUT2D eigenvalue weighted by atomic mass is 9.83. The third kappa shape index (κ3) is 4.33. The Labute approximate surface area is 197 Å². The number of benzene rings is 3. The van der Waals surface area contributed by atoms with Crippen molar-refractivity contribution in [2.45, 2.75) is 10.8 Å². The van der Waals surface area contributed by atoms with Crippen LogP contribution in [-0.4, -0.2) is 8.42 Å². The molecule has 168 valence electrons. The molecule has 3 aromatic carbocycles. The summed E-state index contributed by atoms with van der Waals surface area (Å²) in [5, 5.41) is 9.62. The summed E-state index contributed by atoms with van der Waals surface area (Å²) in [7, 11) is -4.36. The van der Waals surface area contributed by atoms with Gasteiger partial charge in [-0.25, -0.2) is 8.78 Å². The van der Waals surface area contributed by atoms with Crippen molar-refractivity contribution in [3.8, 4) is 17.6 Å². The third-order valence-corrected chi connectivity index (χ3v) is 6.80. The first-order chi connectivity index (χ1) is 15.6. The molecule has 11 heteroatoms. The van der Waals surface area contributed by atoms with Crippen LogP contribution in [-0.2, 0) is 10.1 Å². The quantitative estimate of drug-likeness (QED) is 0.482. The first-order valence-electron chi connectivity index (χ1n) is 9.16. The number of allylic oxidation sites excluding steroid dienone is 1. The van der Waals surface area contributed by atoms with E-state index in [0.29, 0.717) is 5.56 Å². The molecule has 0 fully saturated rings. The largest absolute Gasteiger partial charge is 0.440 e. The molecule has 0 aliphatic carbocycles. The molecular formula is C22H12Cl2F2N2O4S. The topological polar surface area (TPSA) is 102 Å². The molecule has 6 nitrogen and oxygen atoms in total. The van der Waals surface area contributed by atoms with Gasteiger partial charge in [-0.3, -0.25) is 0 Å². The molecule has 1 aliphatic heterocycles. The molecule has 0 saturated carbocycles. The molecule has 0 bridgehead atoms. The number of rotatable bonds is 4. The minimum Gasteiger partial charge on any atom is -0.440 e. The van der Waals surface area contributed by atoms with Crippen molar-refractivity contribution in [3.05, 3.63) is 98.9 Å². The van der Waals surface area contributed by atoms with Crippen LogP contribution in [0.3, 0.4) is 0 Å². The highest BCUT2D eigenvalue weighted by Crippen LogP contribution is 2.44. The van der Waals surface area contributed by atoms with E-state index < -0.39 is 27.7 Å². The maximum absolute atomic E-state index is 13.9. The minimum absolute atomic E-state index is 0.0134. The van der Waals surface area contributed by atoms with Crippen molar-refractivity contribution >= 4 is 33.3 Å². The van der Waals surface area contributed by atoms with E-state index in [1.165, 1.54) is 36.4 Å². The first kappa shape index (κ1) is 22.9. The average molecular weight is 509 g/mol. The van der Waals surface area contributed by atoms with Gasteiger partial charge in [-0.1, -0.05) is 35.3 Å². The fraction of sp³-hybridized carbons (Fsp3) is 0.0455. The molecule has 1 aliphatic rings. The van der Waals surface area contributed by atoms with Crippen LogP contribution >= 0.6 is 23.2 Å². The maximum Gasteiger partial charge on any atom is 0.340 e. The molecular weight excluding hydrogens is 497 g/mol. The van der Waals surface area contributed by atoms with Crippen LogP contribution in [0, 0.1) is 23.0 Å². The number of fused-ring (bicyclic) bond motifs is 1. The number of nitrogens with two attached hydrogens (primary N) is 1. The average Bonchev–Trinajstić information content (AvgIpc) is 2.76. The number of hydrogen-bond donors (Lipinski definition) is 1. The van der Waals surface area contributed by atoms with Gasteiger partial charge >= 0.3 is 10.1 Å². The van der Waals surface area contributed by atoms with E-state index in [1.807, 2.05) is 6.07 Å². The summed E-state index contributed by atoms with van der Waals surface area (Å²) in [6.07, 6.45) is 0.